The van der Waals surface area contributed by atoms with Crippen LogP contribution in [0.15, 0.2) is 23.1 Å². The first kappa shape index (κ1) is 18.8. The molecule has 8 heteroatoms. The van der Waals surface area contributed by atoms with Crippen LogP contribution in [0.5, 0.6) is 0 Å². The van der Waals surface area contributed by atoms with Gasteiger partial charge in [-0.05, 0) is 31.0 Å². The quantitative estimate of drug-likeness (QED) is 0.871. The molecule has 2 rings (SSSR count). The van der Waals surface area contributed by atoms with Crippen LogP contribution in [0.3, 0.4) is 0 Å². The van der Waals surface area contributed by atoms with Crippen molar-refractivity contribution < 1.29 is 12.8 Å². The Morgan fingerprint density at radius 2 is 1.95 bits per heavy atom. The molecule has 0 amide bonds. The minimum Gasteiger partial charge on any atom is -0.324 e. The fourth-order valence-corrected chi connectivity index (χ4v) is 3.68. The topological polar surface area (TPSA) is 96.0 Å². The van der Waals surface area contributed by atoms with E-state index in [1.54, 1.807) is 6.07 Å². The Balaban J connectivity index is 0.00000242. The average molecular weight is 348 g/mol. The zero-order chi connectivity index (χ0) is 15.5. The molecular formula is C14H19ClFN3O2S. The molecule has 0 atom stereocenters. The van der Waals surface area contributed by atoms with Gasteiger partial charge in [-0.2, -0.15) is 5.26 Å². The van der Waals surface area contributed by atoms with E-state index in [1.807, 2.05) is 0 Å². The SMILES string of the molecule is Cl.N#Cc1cc(S(=O)(=O)NCC2(N)CCCCC2)ccc1F. The standard InChI is InChI=1S/C14H18FN3O2S.ClH/c15-13-5-4-12(8-11(13)9-16)21(19,20)18-10-14(17)6-2-1-3-7-14;/h4-5,8,18H,1-3,6-7,10,17H2;1H. The lowest BCUT2D eigenvalue weighted by Crippen LogP contribution is -2.51. The molecule has 3 N–H and O–H groups in total. The first-order chi connectivity index (χ1) is 9.86. The number of nitrogens with one attached hydrogen (secondary N) is 1. The van der Waals surface area contributed by atoms with Crippen LogP contribution < -0.4 is 10.5 Å². The van der Waals surface area contributed by atoms with E-state index in [9.17, 15) is 12.8 Å². The average Bonchev–Trinajstić information content (AvgIpc) is 2.46. The van der Waals surface area contributed by atoms with Gasteiger partial charge in [0, 0.05) is 12.1 Å². The first-order valence-electron chi connectivity index (χ1n) is 6.85. The summed E-state index contributed by atoms with van der Waals surface area (Å²) in [5.41, 5.74) is 5.37. The fraction of sp³-hybridized carbons (Fsp3) is 0.500. The Morgan fingerprint density at radius 3 is 2.55 bits per heavy atom. The summed E-state index contributed by atoms with van der Waals surface area (Å²) in [6.07, 6.45) is 4.67. The Bertz CT molecular complexity index is 667. The number of hydrogen-bond donors (Lipinski definition) is 2. The molecule has 0 saturated heterocycles. The van der Waals surface area contributed by atoms with Gasteiger partial charge in [-0.3, -0.25) is 0 Å². The van der Waals surface area contributed by atoms with Crippen molar-refractivity contribution in [2.24, 2.45) is 5.73 Å². The van der Waals surface area contributed by atoms with E-state index in [0.717, 1.165) is 50.3 Å². The lowest BCUT2D eigenvalue weighted by atomic mass is 9.83. The van der Waals surface area contributed by atoms with Gasteiger partial charge in [0.15, 0.2) is 0 Å². The molecule has 0 bridgehead atoms. The number of hydrogen-bond acceptors (Lipinski definition) is 4. The van der Waals surface area contributed by atoms with E-state index in [-0.39, 0.29) is 29.4 Å². The van der Waals surface area contributed by atoms with Gasteiger partial charge in [0.25, 0.3) is 0 Å². The van der Waals surface area contributed by atoms with Crippen LogP contribution in [0.25, 0.3) is 0 Å². The van der Waals surface area contributed by atoms with Crippen LogP contribution in [0.4, 0.5) is 4.39 Å². The second-order valence-electron chi connectivity index (χ2n) is 5.50. The summed E-state index contributed by atoms with van der Waals surface area (Å²) in [6, 6.07) is 4.78. The van der Waals surface area contributed by atoms with Gasteiger partial charge in [-0.15, -0.1) is 12.4 Å². The van der Waals surface area contributed by atoms with Crippen molar-refractivity contribution in [1.82, 2.24) is 4.72 Å². The van der Waals surface area contributed by atoms with E-state index < -0.39 is 21.4 Å². The van der Waals surface area contributed by atoms with Crippen LogP contribution in [0.1, 0.15) is 37.7 Å². The third-order valence-electron chi connectivity index (χ3n) is 3.83. The van der Waals surface area contributed by atoms with E-state index in [2.05, 4.69) is 4.72 Å². The van der Waals surface area contributed by atoms with Crippen LogP contribution in [0, 0.1) is 17.1 Å². The maximum atomic E-state index is 13.2. The molecule has 1 aliphatic rings. The van der Waals surface area contributed by atoms with Crippen LogP contribution in [-0.4, -0.2) is 20.5 Å². The zero-order valence-corrected chi connectivity index (χ0v) is 13.6. The van der Waals surface area contributed by atoms with Gasteiger partial charge >= 0.3 is 0 Å². The first-order valence-corrected chi connectivity index (χ1v) is 8.33. The van der Waals surface area contributed by atoms with Crippen LogP contribution >= 0.6 is 12.4 Å². The lowest BCUT2D eigenvalue weighted by Gasteiger charge is -2.33. The molecule has 1 aromatic rings. The Morgan fingerprint density at radius 1 is 1.32 bits per heavy atom. The van der Waals surface area contributed by atoms with Gasteiger partial charge in [0.1, 0.15) is 11.9 Å². The molecule has 5 nitrogen and oxygen atoms in total. The zero-order valence-electron chi connectivity index (χ0n) is 12.0. The molecular weight excluding hydrogens is 329 g/mol. The third kappa shape index (κ3) is 4.40. The number of nitrogens with zero attached hydrogens (tertiary/aromatic N) is 1. The number of sulfonamides is 1. The monoisotopic (exact) mass is 347 g/mol. The summed E-state index contributed by atoms with van der Waals surface area (Å²) in [7, 11) is -3.79. The summed E-state index contributed by atoms with van der Waals surface area (Å²) in [4.78, 5) is -0.125. The summed E-state index contributed by atoms with van der Waals surface area (Å²) in [5, 5.41) is 8.76. The predicted octanol–water partition coefficient (Wildman–Crippen LogP) is 2.06. The highest BCUT2D eigenvalue weighted by Crippen LogP contribution is 2.25. The highest BCUT2D eigenvalue weighted by molar-refractivity contribution is 7.89. The van der Waals surface area contributed by atoms with Crippen molar-refractivity contribution in [2.45, 2.75) is 42.5 Å². The van der Waals surface area contributed by atoms with Crippen molar-refractivity contribution >= 4 is 22.4 Å². The normalized spacial score (nSPS) is 17.3. The third-order valence-corrected chi connectivity index (χ3v) is 5.23. The molecule has 0 aromatic heterocycles. The molecule has 0 radical (unpaired) electrons. The smallest absolute Gasteiger partial charge is 0.240 e. The maximum Gasteiger partial charge on any atom is 0.240 e. The number of rotatable bonds is 4. The van der Waals surface area contributed by atoms with Gasteiger partial charge < -0.3 is 5.73 Å². The summed E-state index contributed by atoms with van der Waals surface area (Å²) >= 11 is 0. The Kier molecular flexibility index (Phi) is 6.32. The van der Waals surface area contributed by atoms with Gasteiger partial charge in [-0.25, -0.2) is 17.5 Å². The van der Waals surface area contributed by atoms with Crippen LogP contribution in [-0.2, 0) is 10.0 Å². The van der Waals surface area contributed by atoms with Crippen molar-refractivity contribution in [1.29, 1.82) is 5.26 Å². The highest BCUT2D eigenvalue weighted by atomic mass is 35.5. The van der Waals surface area contributed by atoms with Gasteiger partial charge in [-0.1, -0.05) is 19.3 Å². The maximum absolute atomic E-state index is 13.2. The number of nitriles is 1. The summed E-state index contributed by atoms with van der Waals surface area (Å²) in [6.45, 7) is 0.147. The molecule has 1 aromatic carbocycles. The minimum absolute atomic E-state index is 0. The van der Waals surface area contributed by atoms with Gasteiger partial charge in [0.2, 0.25) is 10.0 Å². The summed E-state index contributed by atoms with van der Waals surface area (Å²) in [5.74, 6) is -0.737. The number of nitrogens with two attached hydrogens (primary N) is 1. The second kappa shape index (κ2) is 7.38. The van der Waals surface area contributed by atoms with E-state index in [1.165, 1.54) is 0 Å². The molecule has 122 valence electrons. The molecule has 1 saturated carbocycles. The molecule has 0 aliphatic heterocycles. The Hall–Kier alpha value is -1.20. The van der Waals surface area contributed by atoms with E-state index >= 15 is 0 Å². The van der Waals surface area contributed by atoms with E-state index in [0.29, 0.717) is 0 Å². The summed E-state index contributed by atoms with van der Waals surface area (Å²) < 4.78 is 40.1. The molecule has 0 spiro atoms. The molecule has 22 heavy (non-hydrogen) atoms. The fourth-order valence-electron chi connectivity index (χ4n) is 2.51. The highest BCUT2D eigenvalue weighted by Gasteiger charge is 2.29. The van der Waals surface area contributed by atoms with Crippen molar-refractivity contribution in [2.75, 3.05) is 6.54 Å². The Labute approximate surface area is 136 Å². The number of benzene rings is 1. The molecule has 1 fully saturated rings. The second-order valence-corrected chi connectivity index (χ2v) is 7.27. The minimum atomic E-state index is -3.79. The van der Waals surface area contributed by atoms with Crippen molar-refractivity contribution in [3.8, 4) is 6.07 Å². The van der Waals surface area contributed by atoms with Crippen molar-refractivity contribution in [3.63, 3.8) is 0 Å². The van der Waals surface area contributed by atoms with Crippen molar-refractivity contribution in [3.05, 3.63) is 29.6 Å². The molecule has 1 aliphatic carbocycles. The van der Waals surface area contributed by atoms with Crippen LogP contribution in [0.2, 0.25) is 0 Å². The van der Waals surface area contributed by atoms with E-state index in [4.69, 9.17) is 11.0 Å². The lowest BCUT2D eigenvalue weighted by molar-refractivity contribution is 0.296. The largest absolute Gasteiger partial charge is 0.324 e. The predicted molar refractivity (Wildman–Crippen MR) is 83.6 cm³/mol. The number of halogens is 2. The molecule has 0 unspecified atom stereocenters. The van der Waals surface area contributed by atoms with Gasteiger partial charge in [0.05, 0.1) is 10.5 Å². The molecule has 0 heterocycles.